The third kappa shape index (κ3) is 9.05. The lowest BCUT2D eigenvalue weighted by Gasteiger charge is -2.10. The number of hydrogen-bond donors (Lipinski definition) is 2. The van der Waals surface area contributed by atoms with Crippen LogP contribution in [0.5, 0.6) is 5.75 Å². The fourth-order valence-corrected chi connectivity index (χ4v) is 1.88. The number of methoxy groups -OCH3 is 2. The fraction of sp³-hybridized carbons (Fsp3) is 0.588. The molecular formula is C17H29N3O3. The molecule has 0 aliphatic heterocycles. The predicted octanol–water partition coefficient (Wildman–Crippen LogP) is 1.80. The van der Waals surface area contributed by atoms with E-state index in [2.05, 4.69) is 15.6 Å². The van der Waals surface area contributed by atoms with Crippen molar-refractivity contribution in [2.75, 3.05) is 47.1 Å². The molecule has 6 heteroatoms. The topological polar surface area (TPSA) is 64.1 Å². The molecule has 1 rings (SSSR count). The molecule has 0 aliphatic rings. The van der Waals surface area contributed by atoms with Gasteiger partial charge < -0.3 is 24.8 Å². The van der Waals surface area contributed by atoms with Gasteiger partial charge in [0.15, 0.2) is 5.96 Å². The highest BCUT2D eigenvalue weighted by Gasteiger charge is 1.97. The van der Waals surface area contributed by atoms with Gasteiger partial charge in [0, 0.05) is 33.4 Å². The predicted molar refractivity (Wildman–Crippen MR) is 93.1 cm³/mol. The Balaban J connectivity index is 2.17. The Morgan fingerprint density at radius 1 is 1.09 bits per heavy atom. The Bertz CT molecular complexity index is 435. The van der Waals surface area contributed by atoms with E-state index in [9.17, 15) is 0 Å². The van der Waals surface area contributed by atoms with Gasteiger partial charge in [0.05, 0.1) is 20.3 Å². The van der Waals surface area contributed by atoms with Crippen molar-refractivity contribution < 1.29 is 14.2 Å². The van der Waals surface area contributed by atoms with Crippen molar-refractivity contribution in [3.05, 3.63) is 29.8 Å². The second kappa shape index (κ2) is 12.7. The average Bonchev–Trinajstić information content (AvgIpc) is 2.58. The smallest absolute Gasteiger partial charge is 0.191 e. The standard InChI is InChI=1S/C17H29N3O3/c1-4-18-17(20-11-13-21-2)19-10-5-12-23-14-15-6-8-16(22-3)9-7-15/h6-9H,4-5,10-14H2,1-3H3,(H2,18,19,20). The first-order chi connectivity index (χ1) is 11.3. The molecule has 0 aliphatic carbocycles. The Hall–Kier alpha value is -1.79. The van der Waals surface area contributed by atoms with Crippen LogP contribution in [-0.2, 0) is 16.1 Å². The number of nitrogens with zero attached hydrogens (tertiary/aromatic N) is 1. The van der Waals surface area contributed by atoms with Gasteiger partial charge in [0.2, 0.25) is 0 Å². The van der Waals surface area contributed by atoms with E-state index in [4.69, 9.17) is 14.2 Å². The molecule has 0 unspecified atom stereocenters. The van der Waals surface area contributed by atoms with E-state index in [1.54, 1.807) is 14.2 Å². The van der Waals surface area contributed by atoms with E-state index < -0.39 is 0 Å². The number of benzene rings is 1. The fourth-order valence-electron chi connectivity index (χ4n) is 1.88. The summed E-state index contributed by atoms with van der Waals surface area (Å²) in [6, 6.07) is 7.91. The molecule has 0 radical (unpaired) electrons. The zero-order chi connectivity index (χ0) is 16.8. The van der Waals surface area contributed by atoms with Gasteiger partial charge in [0.25, 0.3) is 0 Å². The Morgan fingerprint density at radius 3 is 2.52 bits per heavy atom. The van der Waals surface area contributed by atoms with Crippen molar-refractivity contribution in [3.63, 3.8) is 0 Å². The maximum absolute atomic E-state index is 5.66. The lowest BCUT2D eigenvalue weighted by Crippen LogP contribution is -2.39. The first-order valence-corrected chi connectivity index (χ1v) is 8.02. The third-order valence-corrected chi connectivity index (χ3v) is 3.09. The zero-order valence-corrected chi connectivity index (χ0v) is 14.4. The van der Waals surface area contributed by atoms with Crippen molar-refractivity contribution >= 4 is 5.96 Å². The second-order valence-electron chi connectivity index (χ2n) is 4.93. The summed E-state index contributed by atoms with van der Waals surface area (Å²) in [7, 11) is 3.35. The van der Waals surface area contributed by atoms with Crippen LogP contribution in [0.25, 0.3) is 0 Å². The molecular weight excluding hydrogens is 294 g/mol. The molecule has 23 heavy (non-hydrogen) atoms. The molecule has 0 bridgehead atoms. The molecule has 0 atom stereocenters. The monoisotopic (exact) mass is 323 g/mol. The van der Waals surface area contributed by atoms with E-state index in [1.807, 2.05) is 31.2 Å². The summed E-state index contributed by atoms with van der Waals surface area (Å²) in [6.07, 6.45) is 0.886. The maximum atomic E-state index is 5.66. The van der Waals surface area contributed by atoms with Gasteiger partial charge in [0.1, 0.15) is 5.75 Å². The van der Waals surface area contributed by atoms with Crippen LogP contribution in [0.4, 0.5) is 0 Å². The van der Waals surface area contributed by atoms with Crippen LogP contribution in [0.1, 0.15) is 18.9 Å². The molecule has 0 fully saturated rings. The molecule has 1 aromatic rings. The van der Waals surface area contributed by atoms with E-state index >= 15 is 0 Å². The highest BCUT2D eigenvalue weighted by molar-refractivity contribution is 5.79. The summed E-state index contributed by atoms with van der Waals surface area (Å²) in [5, 5.41) is 6.41. The lowest BCUT2D eigenvalue weighted by molar-refractivity contribution is 0.120. The Morgan fingerprint density at radius 2 is 1.87 bits per heavy atom. The van der Waals surface area contributed by atoms with Gasteiger partial charge in [-0.15, -0.1) is 0 Å². The van der Waals surface area contributed by atoms with Crippen LogP contribution in [0.2, 0.25) is 0 Å². The molecule has 1 aromatic carbocycles. The van der Waals surface area contributed by atoms with E-state index in [1.165, 1.54) is 0 Å². The number of ether oxygens (including phenoxy) is 3. The minimum atomic E-state index is 0.611. The van der Waals surface area contributed by atoms with Crippen LogP contribution in [0.15, 0.2) is 29.3 Å². The van der Waals surface area contributed by atoms with Crippen molar-refractivity contribution in [2.45, 2.75) is 20.0 Å². The second-order valence-corrected chi connectivity index (χ2v) is 4.93. The number of guanidine groups is 1. The molecule has 130 valence electrons. The van der Waals surface area contributed by atoms with Crippen LogP contribution < -0.4 is 15.4 Å². The summed E-state index contributed by atoms with van der Waals surface area (Å²) in [4.78, 5) is 4.49. The Kier molecular flexibility index (Phi) is 10.7. The van der Waals surface area contributed by atoms with E-state index in [-0.39, 0.29) is 0 Å². The third-order valence-electron chi connectivity index (χ3n) is 3.09. The molecule has 0 heterocycles. The molecule has 2 N–H and O–H groups in total. The maximum Gasteiger partial charge on any atom is 0.191 e. The first-order valence-electron chi connectivity index (χ1n) is 8.02. The van der Waals surface area contributed by atoms with Crippen LogP contribution >= 0.6 is 0 Å². The molecule has 0 spiro atoms. The molecule has 6 nitrogen and oxygen atoms in total. The van der Waals surface area contributed by atoms with Crippen LogP contribution in [0, 0.1) is 0 Å². The quantitative estimate of drug-likeness (QED) is 0.369. The van der Waals surface area contributed by atoms with Crippen molar-refractivity contribution in [3.8, 4) is 5.75 Å². The van der Waals surface area contributed by atoms with Gasteiger partial charge in [-0.05, 0) is 31.0 Å². The highest BCUT2D eigenvalue weighted by atomic mass is 16.5. The summed E-state index contributed by atoms with van der Waals surface area (Å²) in [6.45, 7) is 6.32. The summed E-state index contributed by atoms with van der Waals surface area (Å²) < 4.78 is 15.8. The number of hydrogen-bond acceptors (Lipinski definition) is 4. The molecule has 0 saturated carbocycles. The van der Waals surface area contributed by atoms with Gasteiger partial charge in [-0.2, -0.15) is 0 Å². The van der Waals surface area contributed by atoms with E-state index in [0.717, 1.165) is 43.3 Å². The Labute approximate surface area is 139 Å². The van der Waals surface area contributed by atoms with Gasteiger partial charge in [-0.3, -0.25) is 4.99 Å². The van der Waals surface area contributed by atoms with E-state index in [0.29, 0.717) is 19.8 Å². The largest absolute Gasteiger partial charge is 0.497 e. The average molecular weight is 323 g/mol. The normalized spacial score (nSPS) is 11.3. The van der Waals surface area contributed by atoms with Crippen molar-refractivity contribution in [1.82, 2.24) is 10.6 Å². The summed E-state index contributed by atoms with van der Waals surface area (Å²) in [5.41, 5.74) is 1.14. The number of rotatable bonds is 11. The van der Waals surface area contributed by atoms with Gasteiger partial charge >= 0.3 is 0 Å². The van der Waals surface area contributed by atoms with Crippen molar-refractivity contribution in [2.24, 2.45) is 4.99 Å². The van der Waals surface area contributed by atoms with Gasteiger partial charge in [-0.1, -0.05) is 12.1 Å². The number of nitrogens with one attached hydrogen (secondary N) is 2. The minimum absolute atomic E-state index is 0.611. The SMILES string of the molecule is CCNC(=NCCCOCc1ccc(OC)cc1)NCCOC. The summed E-state index contributed by atoms with van der Waals surface area (Å²) >= 11 is 0. The van der Waals surface area contributed by atoms with Crippen LogP contribution in [0.3, 0.4) is 0 Å². The van der Waals surface area contributed by atoms with Crippen molar-refractivity contribution in [1.29, 1.82) is 0 Å². The molecule has 0 amide bonds. The molecule has 0 saturated heterocycles. The number of aliphatic imine (C=N–C) groups is 1. The summed E-state index contributed by atoms with van der Waals surface area (Å²) in [5.74, 6) is 1.68. The van der Waals surface area contributed by atoms with Gasteiger partial charge in [-0.25, -0.2) is 0 Å². The van der Waals surface area contributed by atoms with Crippen LogP contribution in [-0.4, -0.2) is 53.0 Å². The minimum Gasteiger partial charge on any atom is -0.497 e. The highest BCUT2D eigenvalue weighted by Crippen LogP contribution is 2.11. The lowest BCUT2D eigenvalue weighted by atomic mass is 10.2. The molecule has 0 aromatic heterocycles. The first kappa shape index (κ1) is 19.3. The zero-order valence-electron chi connectivity index (χ0n) is 14.4.